The normalized spacial score (nSPS) is 10.6. The Morgan fingerprint density at radius 1 is 1.17 bits per heavy atom. The predicted molar refractivity (Wildman–Crippen MR) is 94.4 cm³/mol. The summed E-state index contributed by atoms with van der Waals surface area (Å²) in [6.07, 6.45) is 0. The number of nitrogens with one attached hydrogen (secondary N) is 1. The SMILES string of the molecule is O=C(NCc1ccccc1)c1nc(-c2cc(Br)c(O)c(Br)c2)no1. The van der Waals surface area contributed by atoms with Crippen molar-refractivity contribution in [1.29, 1.82) is 0 Å². The van der Waals surface area contributed by atoms with E-state index in [0.29, 0.717) is 21.1 Å². The summed E-state index contributed by atoms with van der Waals surface area (Å²) in [6, 6.07) is 12.8. The summed E-state index contributed by atoms with van der Waals surface area (Å²) in [5.74, 6) is -0.250. The minimum Gasteiger partial charge on any atom is -0.506 e. The number of hydrogen-bond acceptors (Lipinski definition) is 5. The van der Waals surface area contributed by atoms with Crippen LogP contribution in [0.1, 0.15) is 16.2 Å². The number of aromatic nitrogens is 2. The smallest absolute Gasteiger partial charge is 0.316 e. The molecule has 0 aliphatic rings. The van der Waals surface area contributed by atoms with Crippen LogP contribution in [-0.2, 0) is 6.54 Å². The van der Waals surface area contributed by atoms with Crippen molar-refractivity contribution in [1.82, 2.24) is 15.5 Å². The molecule has 2 aromatic carbocycles. The molecule has 0 fully saturated rings. The lowest BCUT2D eigenvalue weighted by molar-refractivity contribution is 0.0907. The summed E-state index contributed by atoms with van der Waals surface area (Å²) in [6.45, 7) is 0.369. The zero-order valence-corrected chi connectivity index (χ0v) is 15.3. The summed E-state index contributed by atoms with van der Waals surface area (Å²) in [5, 5.41) is 16.2. The molecule has 1 aromatic heterocycles. The van der Waals surface area contributed by atoms with Gasteiger partial charge < -0.3 is 14.9 Å². The number of nitrogens with zero attached hydrogens (tertiary/aromatic N) is 2. The van der Waals surface area contributed by atoms with Crippen molar-refractivity contribution in [3.05, 3.63) is 62.9 Å². The maximum atomic E-state index is 12.1. The fourth-order valence-corrected chi connectivity index (χ4v) is 3.17. The Bertz CT molecular complexity index is 858. The maximum absolute atomic E-state index is 12.1. The monoisotopic (exact) mass is 451 g/mol. The largest absolute Gasteiger partial charge is 0.506 e. The van der Waals surface area contributed by atoms with Crippen molar-refractivity contribution < 1.29 is 14.4 Å². The molecule has 3 aromatic rings. The Hall–Kier alpha value is -2.19. The Morgan fingerprint density at radius 3 is 2.50 bits per heavy atom. The minimum absolute atomic E-state index is 0.0723. The highest BCUT2D eigenvalue weighted by molar-refractivity contribution is 9.11. The average Bonchev–Trinajstić information content (AvgIpc) is 3.08. The van der Waals surface area contributed by atoms with E-state index in [4.69, 9.17) is 4.52 Å². The van der Waals surface area contributed by atoms with Gasteiger partial charge in [-0.1, -0.05) is 35.5 Å². The van der Waals surface area contributed by atoms with Crippen LogP contribution < -0.4 is 5.32 Å². The Morgan fingerprint density at radius 2 is 1.83 bits per heavy atom. The molecule has 0 saturated carbocycles. The van der Waals surface area contributed by atoms with Crippen LogP contribution in [0.5, 0.6) is 5.75 Å². The minimum atomic E-state index is -0.450. The van der Waals surface area contributed by atoms with E-state index in [2.05, 4.69) is 47.3 Å². The van der Waals surface area contributed by atoms with Crippen LogP contribution in [0.3, 0.4) is 0 Å². The number of carbonyl (C=O) groups is 1. The van der Waals surface area contributed by atoms with Gasteiger partial charge in [-0.3, -0.25) is 4.79 Å². The predicted octanol–water partition coefficient (Wildman–Crippen LogP) is 3.90. The molecule has 0 bridgehead atoms. The van der Waals surface area contributed by atoms with Gasteiger partial charge in [0, 0.05) is 12.1 Å². The van der Waals surface area contributed by atoms with Crippen molar-refractivity contribution >= 4 is 37.8 Å². The van der Waals surface area contributed by atoms with E-state index >= 15 is 0 Å². The van der Waals surface area contributed by atoms with Crippen LogP contribution in [0, 0.1) is 0 Å². The highest BCUT2D eigenvalue weighted by Crippen LogP contribution is 2.36. The summed E-state index contributed by atoms with van der Waals surface area (Å²) in [5.41, 5.74) is 1.56. The molecule has 0 saturated heterocycles. The van der Waals surface area contributed by atoms with Gasteiger partial charge in [0.05, 0.1) is 8.95 Å². The number of phenolic OH excluding ortho intramolecular Hbond substituents is 1. The Kier molecular flexibility index (Phi) is 4.96. The molecule has 6 nitrogen and oxygen atoms in total. The number of benzene rings is 2. The van der Waals surface area contributed by atoms with Crippen LogP contribution >= 0.6 is 31.9 Å². The highest BCUT2D eigenvalue weighted by Gasteiger charge is 2.17. The fourth-order valence-electron chi connectivity index (χ4n) is 1.98. The second kappa shape index (κ2) is 7.14. The van der Waals surface area contributed by atoms with Crippen LogP contribution in [0.15, 0.2) is 55.9 Å². The van der Waals surface area contributed by atoms with Gasteiger partial charge in [0.15, 0.2) is 0 Å². The molecule has 3 rings (SSSR count). The van der Waals surface area contributed by atoms with Crippen LogP contribution in [0.2, 0.25) is 0 Å². The number of amides is 1. The lowest BCUT2D eigenvalue weighted by Crippen LogP contribution is -2.23. The van der Waals surface area contributed by atoms with Crippen LogP contribution in [0.4, 0.5) is 0 Å². The number of halogens is 2. The van der Waals surface area contributed by atoms with Crippen molar-refractivity contribution in [3.8, 4) is 17.1 Å². The summed E-state index contributed by atoms with van der Waals surface area (Å²) >= 11 is 6.47. The highest BCUT2D eigenvalue weighted by atomic mass is 79.9. The summed E-state index contributed by atoms with van der Waals surface area (Å²) in [7, 11) is 0. The third-order valence-electron chi connectivity index (χ3n) is 3.19. The van der Waals surface area contributed by atoms with E-state index < -0.39 is 5.91 Å². The molecule has 0 aliphatic carbocycles. The van der Waals surface area contributed by atoms with Crippen LogP contribution in [0.25, 0.3) is 11.4 Å². The number of rotatable bonds is 4. The zero-order chi connectivity index (χ0) is 17.1. The number of hydrogen-bond donors (Lipinski definition) is 2. The third kappa shape index (κ3) is 3.65. The van der Waals surface area contributed by atoms with E-state index in [0.717, 1.165) is 5.56 Å². The van der Waals surface area contributed by atoms with Crippen molar-refractivity contribution in [2.45, 2.75) is 6.54 Å². The van der Waals surface area contributed by atoms with Crippen LogP contribution in [-0.4, -0.2) is 21.2 Å². The molecular formula is C16H11Br2N3O3. The van der Waals surface area contributed by atoms with E-state index in [1.54, 1.807) is 12.1 Å². The van der Waals surface area contributed by atoms with Gasteiger partial charge in [-0.2, -0.15) is 4.98 Å². The topological polar surface area (TPSA) is 88.2 Å². The second-order valence-electron chi connectivity index (χ2n) is 4.88. The first-order chi connectivity index (χ1) is 11.5. The molecule has 24 heavy (non-hydrogen) atoms. The first kappa shape index (κ1) is 16.7. The number of carbonyl (C=O) groups excluding carboxylic acids is 1. The molecule has 122 valence electrons. The van der Waals surface area contributed by atoms with E-state index in [1.807, 2.05) is 30.3 Å². The summed E-state index contributed by atoms with van der Waals surface area (Å²) < 4.78 is 5.97. The molecule has 0 aliphatic heterocycles. The second-order valence-corrected chi connectivity index (χ2v) is 6.59. The van der Waals surface area contributed by atoms with Gasteiger partial charge >= 0.3 is 11.8 Å². The quantitative estimate of drug-likeness (QED) is 0.626. The molecule has 0 spiro atoms. The molecule has 1 amide bonds. The van der Waals surface area contributed by atoms with Gasteiger partial charge in [-0.05, 0) is 49.6 Å². The maximum Gasteiger partial charge on any atom is 0.316 e. The average molecular weight is 453 g/mol. The summed E-state index contributed by atoms with van der Waals surface area (Å²) in [4.78, 5) is 16.2. The number of phenols is 1. The first-order valence-corrected chi connectivity index (χ1v) is 8.47. The van der Waals surface area contributed by atoms with Gasteiger partial charge in [0.25, 0.3) is 0 Å². The van der Waals surface area contributed by atoms with Gasteiger partial charge in [0.1, 0.15) is 5.75 Å². The standard InChI is InChI=1S/C16H11Br2N3O3/c17-11-6-10(7-12(18)13(11)22)14-20-16(24-21-14)15(23)19-8-9-4-2-1-3-5-9/h1-7,22H,8H2,(H,19,23). The first-order valence-electron chi connectivity index (χ1n) is 6.89. The van der Waals surface area contributed by atoms with E-state index in [-0.39, 0.29) is 17.5 Å². The lowest BCUT2D eigenvalue weighted by atomic mass is 10.2. The molecule has 0 atom stereocenters. The molecule has 2 N–H and O–H groups in total. The zero-order valence-electron chi connectivity index (χ0n) is 12.2. The molecule has 0 unspecified atom stereocenters. The Balaban J connectivity index is 1.74. The lowest BCUT2D eigenvalue weighted by Gasteiger charge is -2.02. The molecule has 1 heterocycles. The van der Waals surface area contributed by atoms with Gasteiger partial charge in [0.2, 0.25) is 5.82 Å². The van der Waals surface area contributed by atoms with Gasteiger partial charge in [-0.15, -0.1) is 0 Å². The molecular weight excluding hydrogens is 442 g/mol. The van der Waals surface area contributed by atoms with Crippen molar-refractivity contribution in [2.24, 2.45) is 0 Å². The van der Waals surface area contributed by atoms with Gasteiger partial charge in [-0.25, -0.2) is 0 Å². The van der Waals surface area contributed by atoms with Crippen molar-refractivity contribution in [2.75, 3.05) is 0 Å². The molecule has 0 radical (unpaired) electrons. The third-order valence-corrected chi connectivity index (χ3v) is 4.40. The molecule has 8 heteroatoms. The fraction of sp³-hybridized carbons (Fsp3) is 0.0625. The van der Waals surface area contributed by atoms with E-state index in [9.17, 15) is 9.90 Å². The number of aromatic hydroxyl groups is 1. The Labute approximate surface area is 154 Å². The van der Waals surface area contributed by atoms with Crippen molar-refractivity contribution in [3.63, 3.8) is 0 Å². The van der Waals surface area contributed by atoms with E-state index in [1.165, 1.54) is 0 Å².